The smallest absolute Gasteiger partial charge is 0.345 e. The van der Waals surface area contributed by atoms with Crippen LogP contribution in [0.5, 0.6) is 0 Å². The first-order valence-electron chi connectivity index (χ1n) is 8.51. The molecule has 8 nitrogen and oxygen atoms in total. The van der Waals surface area contributed by atoms with Crippen LogP contribution in [0.25, 0.3) is 32.5 Å². The number of hydrogen-bond donors (Lipinski definition) is 2. The molecule has 1 aliphatic heterocycles. The van der Waals surface area contributed by atoms with E-state index in [1.807, 2.05) is 18.2 Å². The van der Waals surface area contributed by atoms with E-state index < -0.39 is 5.97 Å². The van der Waals surface area contributed by atoms with Crippen LogP contribution in [0.4, 0.5) is 5.82 Å². The number of fused-ring (bicyclic) bond motifs is 2. The Labute approximate surface area is 157 Å². The van der Waals surface area contributed by atoms with Gasteiger partial charge in [0, 0.05) is 24.0 Å². The zero-order chi connectivity index (χ0) is 18.4. The lowest BCUT2D eigenvalue weighted by Crippen LogP contribution is -2.37. The highest BCUT2D eigenvalue weighted by molar-refractivity contribution is 7.20. The Morgan fingerprint density at radius 3 is 2.89 bits per heavy atom. The van der Waals surface area contributed by atoms with Crippen molar-refractivity contribution < 1.29 is 14.6 Å². The molecule has 0 amide bonds. The standard InChI is InChI=1S/C18H15N5O3S/c24-18(25)14-8-11-16(23-4-6-26-7-5-23)20-15(21-17(11)27-14)10-2-1-3-13-12(10)9-19-22-13/h1-3,8-9H,4-7H2,(H,19,22)(H,24,25). The van der Waals surface area contributed by atoms with Gasteiger partial charge in [0.2, 0.25) is 0 Å². The monoisotopic (exact) mass is 381 g/mol. The maximum Gasteiger partial charge on any atom is 0.345 e. The molecular formula is C18H15N5O3S. The lowest BCUT2D eigenvalue weighted by molar-refractivity contribution is 0.0702. The minimum Gasteiger partial charge on any atom is -0.477 e. The largest absolute Gasteiger partial charge is 0.477 e. The van der Waals surface area contributed by atoms with Gasteiger partial charge in [-0.3, -0.25) is 5.10 Å². The molecule has 0 atom stereocenters. The van der Waals surface area contributed by atoms with Crippen molar-refractivity contribution in [3.05, 3.63) is 35.3 Å². The molecule has 1 aliphatic rings. The summed E-state index contributed by atoms with van der Waals surface area (Å²) in [7, 11) is 0. The number of aromatic amines is 1. The number of nitrogens with zero attached hydrogens (tertiary/aromatic N) is 4. The second kappa shape index (κ2) is 6.29. The van der Waals surface area contributed by atoms with Gasteiger partial charge >= 0.3 is 5.97 Å². The molecule has 2 N–H and O–H groups in total. The fraction of sp³-hybridized carbons (Fsp3) is 0.222. The van der Waals surface area contributed by atoms with Crippen LogP contribution in [0.1, 0.15) is 9.67 Å². The van der Waals surface area contributed by atoms with Crippen molar-refractivity contribution in [3.8, 4) is 11.4 Å². The van der Waals surface area contributed by atoms with E-state index in [9.17, 15) is 9.90 Å². The van der Waals surface area contributed by atoms with Crippen molar-refractivity contribution in [2.75, 3.05) is 31.2 Å². The molecule has 9 heteroatoms. The van der Waals surface area contributed by atoms with Crippen LogP contribution in [-0.2, 0) is 4.74 Å². The van der Waals surface area contributed by atoms with Crippen LogP contribution in [0.3, 0.4) is 0 Å². The summed E-state index contributed by atoms with van der Waals surface area (Å²) in [5.41, 5.74) is 1.77. The lowest BCUT2D eigenvalue weighted by atomic mass is 10.1. The highest BCUT2D eigenvalue weighted by Crippen LogP contribution is 2.35. The van der Waals surface area contributed by atoms with Crippen LogP contribution in [0.2, 0.25) is 0 Å². The Kier molecular flexibility index (Phi) is 3.76. The summed E-state index contributed by atoms with van der Waals surface area (Å²) in [6.07, 6.45) is 1.75. The molecule has 5 rings (SSSR count). The summed E-state index contributed by atoms with van der Waals surface area (Å²) in [4.78, 5) is 24.0. The molecule has 136 valence electrons. The van der Waals surface area contributed by atoms with Crippen molar-refractivity contribution in [1.29, 1.82) is 0 Å². The summed E-state index contributed by atoms with van der Waals surface area (Å²) < 4.78 is 5.45. The quantitative estimate of drug-likeness (QED) is 0.562. The van der Waals surface area contributed by atoms with Gasteiger partial charge in [-0.1, -0.05) is 12.1 Å². The first-order valence-corrected chi connectivity index (χ1v) is 9.32. The molecule has 0 spiro atoms. The average molecular weight is 381 g/mol. The fourth-order valence-corrected chi connectivity index (χ4v) is 4.18. The molecule has 3 aromatic heterocycles. The van der Waals surface area contributed by atoms with Gasteiger partial charge in [-0.25, -0.2) is 14.8 Å². The van der Waals surface area contributed by atoms with E-state index in [-0.39, 0.29) is 4.88 Å². The minimum atomic E-state index is -0.954. The molecule has 4 aromatic rings. The Bertz CT molecular complexity index is 1160. The number of carboxylic acid groups (broad SMARTS) is 1. The van der Waals surface area contributed by atoms with Crippen molar-refractivity contribution >= 4 is 44.2 Å². The van der Waals surface area contributed by atoms with Crippen LogP contribution in [0.15, 0.2) is 30.5 Å². The Hall–Kier alpha value is -3.04. The number of H-pyrrole nitrogens is 1. The van der Waals surface area contributed by atoms with Gasteiger partial charge in [0.1, 0.15) is 15.5 Å². The number of morpholine rings is 1. The average Bonchev–Trinajstić information content (AvgIpc) is 3.34. The summed E-state index contributed by atoms with van der Waals surface area (Å²) in [6.45, 7) is 2.65. The van der Waals surface area contributed by atoms with Crippen molar-refractivity contribution in [2.24, 2.45) is 0 Å². The zero-order valence-electron chi connectivity index (χ0n) is 14.2. The highest BCUT2D eigenvalue weighted by atomic mass is 32.1. The Balaban J connectivity index is 1.75. The van der Waals surface area contributed by atoms with Crippen LogP contribution < -0.4 is 4.90 Å². The van der Waals surface area contributed by atoms with E-state index in [2.05, 4.69) is 20.1 Å². The van der Waals surface area contributed by atoms with E-state index in [0.29, 0.717) is 37.0 Å². The molecule has 0 aliphatic carbocycles. The van der Waals surface area contributed by atoms with Gasteiger partial charge in [-0.2, -0.15) is 5.10 Å². The van der Waals surface area contributed by atoms with Gasteiger partial charge < -0.3 is 14.7 Å². The third kappa shape index (κ3) is 2.71. The van der Waals surface area contributed by atoms with Crippen LogP contribution >= 0.6 is 11.3 Å². The second-order valence-corrected chi connectivity index (χ2v) is 7.27. The number of anilines is 1. The topological polar surface area (TPSA) is 104 Å². The van der Waals surface area contributed by atoms with Crippen LogP contribution in [-0.4, -0.2) is 57.5 Å². The number of carboxylic acids is 1. The number of benzene rings is 1. The van der Waals surface area contributed by atoms with Gasteiger partial charge in [-0.15, -0.1) is 11.3 Å². The third-order valence-corrected chi connectivity index (χ3v) is 5.64. The maximum absolute atomic E-state index is 11.5. The molecule has 0 bridgehead atoms. The third-order valence-electron chi connectivity index (χ3n) is 4.62. The lowest BCUT2D eigenvalue weighted by Gasteiger charge is -2.28. The first-order chi connectivity index (χ1) is 13.2. The Morgan fingerprint density at radius 1 is 1.22 bits per heavy atom. The normalized spacial score (nSPS) is 14.9. The first kappa shape index (κ1) is 16.2. The predicted molar refractivity (Wildman–Crippen MR) is 102 cm³/mol. The number of carbonyl (C=O) groups is 1. The summed E-state index contributed by atoms with van der Waals surface area (Å²) >= 11 is 1.17. The van der Waals surface area contributed by atoms with E-state index in [0.717, 1.165) is 27.7 Å². The molecule has 1 fully saturated rings. The molecule has 1 saturated heterocycles. The SMILES string of the molecule is O=C(O)c1cc2c(N3CCOCC3)nc(-c3cccc4[nH]ncc34)nc2s1. The minimum absolute atomic E-state index is 0.257. The number of thiophene rings is 1. The number of aromatic carboxylic acids is 1. The number of aromatic nitrogens is 4. The van der Waals surface area contributed by atoms with E-state index in [1.165, 1.54) is 11.3 Å². The molecule has 0 saturated carbocycles. The highest BCUT2D eigenvalue weighted by Gasteiger charge is 2.22. The van der Waals surface area contributed by atoms with Gasteiger partial charge in [-0.05, 0) is 12.1 Å². The summed E-state index contributed by atoms with van der Waals surface area (Å²) in [6, 6.07) is 7.49. The van der Waals surface area contributed by atoms with Gasteiger partial charge in [0.25, 0.3) is 0 Å². The van der Waals surface area contributed by atoms with E-state index in [1.54, 1.807) is 12.3 Å². The molecule has 4 heterocycles. The number of hydrogen-bond acceptors (Lipinski definition) is 7. The number of rotatable bonds is 3. The fourth-order valence-electron chi connectivity index (χ4n) is 3.31. The molecular weight excluding hydrogens is 366 g/mol. The van der Waals surface area contributed by atoms with Crippen molar-refractivity contribution in [1.82, 2.24) is 20.2 Å². The molecule has 0 radical (unpaired) electrons. The van der Waals surface area contributed by atoms with Gasteiger partial charge in [0.05, 0.1) is 30.3 Å². The summed E-state index contributed by atoms with van der Waals surface area (Å²) in [5, 5.41) is 18.2. The number of nitrogens with one attached hydrogen (secondary N) is 1. The van der Waals surface area contributed by atoms with Crippen molar-refractivity contribution in [2.45, 2.75) is 0 Å². The molecule has 27 heavy (non-hydrogen) atoms. The predicted octanol–water partition coefficient (Wildman–Crippen LogP) is 2.77. The number of ether oxygens (including phenoxy) is 1. The maximum atomic E-state index is 11.5. The van der Waals surface area contributed by atoms with E-state index >= 15 is 0 Å². The molecule has 1 aromatic carbocycles. The summed E-state index contributed by atoms with van der Waals surface area (Å²) in [5.74, 6) is 0.363. The zero-order valence-corrected chi connectivity index (χ0v) is 15.0. The van der Waals surface area contributed by atoms with E-state index in [4.69, 9.17) is 9.72 Å². The molecule has 0 unspecified atom stereocenters. The Morgan fingerprint density at radius 2 is 2.07 bits per heavy atom. The van der Waals surface area contributed by atoms with Gasteiger partial charge in [0.15, 0.2) is 5.82 Å². The van der Waals surface area contributed by atoms with Crippen LogP contribution in [0, 0.1) is 0 Å². The van der Waals surface area contributed by atoms with Crippen molar-refractivity contribution in [3.63, 3.8) is 0 Å². The second-order valence-electron chi connectivity index (χ2n) is 6.24.